The summed E-state index contributed by atoms with van der Waals surface area (Å²) in [6, 6.07) is 12.5. The Morgan fingerprint density at radius 2 is 1.92 bits per heavy atom. The van der Waals surface area contributed by atoms with Gasteiger partial charge in [-0.2, -0.15) is 13.2 Å². The predicted molar refractivity (Wildman–Crippen MR) is 138 cm³/mol. The lowest BCUT2D eigenvalue weighted by atomic mass is 10.1. The highest BCUT2D eigenvalue weighted by Crippen LogP contribution is 2.44. The molecule has 0 aliphatic carbocycles. The number of pyridine rings is 1. The quantitative estimate of drug-likeness (QED) is 0.230. The Morgan fingerprint density at radius 3 is 2.62 bits per heavy atom. The molecule has 39 heavy (non-hydrogen) atoms. The van der Waals surface area contributed by atoms with Gasteiger partial charge in [-0.15, -0.1) is 11.3 Å². The molecule has 2 amide bonds. The molecule has 0 atom stereocenters. The summed E-state index contributed by atoms with van der Waals surface area (Å²) in [6.07, 6.45) is -3.47. The molecule has 0 unspecified atom stereocenters. The van der Waals surface area contributed by atoms with E-state index in [0.717, 1.165) is 17.2 Å². The number of carbonyl (C=O) groups is 2. The van der Waals surface area contributed by atoms with Gasteiger partial charge in [-0.1, -0.05) is 12.1 Å². The molecule has 0 saturated carbocycles. The van der Waals surface area contributed by atoms with Gasteiger partial charge in [-0.25, -0.2) is 4.98 Å². The van der Waals surface area contributed by atoms with E-state index in [0.29, 0.717) is 22.8 Å². The van der Waals surface area contributed by atoms with Crippen molar-refractivity contribution in [1.82, 2.24) is 4.98 Å². The van der Waals surface area contributed by atoms with Crippen molar-refractivity contribution >= 4 is 39.1 Å². The molecule has 8 nitrogen and oxygen atoms in total. The Balaban J connectivity index is 1.49. The van der Waals surface area contributed by atoms with Crippen LogP contribution in [0.2, 0.25) is 0 Å². The number of amides is 2. The Morgan fingerprint density at radius 1 is 1.13 bits per heavy atom. The zero-order valence-electron chi connectivity index (χ0n) is 20.5. The number of nitrogens with zero attached hydrogens (tertiary/aromatic N) is 1. The molecule has 0 aliphatic heterocycles. The number of ether oxygens (including phenoxy) is 1. The summed E-state index contributed by atoms with van der Waals surface area (Å²) in [7, 11) is 0. The summed E-state index contributed by atoms with van der Waals surface area (Å²) in [5.41, 5.74) is 6.18. The van der Waals surface area contributed by atoms with E-state index in [9.17, 15) is 22.8 Å². The molecular weight excluding hydrogens is 535 g/mol. The molecule has 5 aromatic rings. The average molecular weight is 556 g/mol. The first-order chi connectivity index (χ1) is 18.5. The number of carbonyl (C=O) groups excluding carboxylic acids is 2. The summed E-state index contributed by atoms with van der Waals surface area (Å²) >= 11 is 0.632. The molecule has 0 spiro atoms. The van der Waals surface area contributed by atoms with Crippen LogP contribution in [0.15, 0.2) is 63.6 Å². The fraction of sp³-hybridized carbons (Fsp3) is 0.148. The monoisotopic (exact) mass is 555 g/mol. The van der Waals surface area contributed by atoms with Crippen LogP contribution in [0.1, 0.15) is 42.8 Å². The topological polar surface area (TPSA) is 121 Å². The Labute approximate surface area is 223 Å². The third kappa shape index (κ3) is 5.23. The Bertz CT molecular complexity index is 1700. The molecule has 0 radical (unpaired) electrons. The van der Waals surface area contributed by atoms with Crippen molar-refractivity contribution < 1.29 is 36.3 Å². The van der Waals surface area contributed by atoms with Gasteiger partial charge in [0.1, 0.15) is 39.3 Å². The number of furan rings is 2. The van der Waals surface area contributed by atoms with Crippen LogP contribution in [0.3, 0.4) is 0 Å². The minimum absolute atomic E-state index is 0.0153. The smallest absolute Gasteiger partial charge is 0.433 e. The van der Waals surface area contributed by atoms with Crippen LogP contribution in [-0.4, -0.2) is 16.8 Å². The van der Waals surface area contributed by atoms with Crippen LogP contribution in [0.25, 0.3) is 21.5 Å². The van der Waals surface area contributed by atoms with Crippen LogP contribution in [0, 0.1) is 13.8 Å². The van der Waals surface area contributed by atoms with Crippen molar-refractivity contribution in [1.29, 1.82) is 0 Å². The fourth-order valence-corrected chi connectivity index (χ4v) is 4.93. The number of aryl methyl sites for hydroxylation is 2. The molecule has 0 saturated heterocycles. The second-order valence-corrected chi connectivity index (χ2v) is 9.66. The number of benzene rings is 1. The second-order valence-electron chi connectivity index (χ2n) is 8.66. The molecule has 12 heteroatoms. The number of nitrogens with one attached hydrogen (secondary N) is 1. The molecule has 0 fully saturated rings. The highest BCUT2D eigenvalue weighted by Gasteiger charge is 2.35. The van der Waals surface area contributed by atoms with Gasteiger partial charge in [0.05, 0.1) is 12.0 Å². The number of halogens is 3. The number of hydrogen-bond donors (Lipinski definition) is 2. The van der Waals surface area contributed by atoms with Gasteiger partial charge < -0.3 is 24.6 Å². The van der Waals surface area contributed by atoms with Crippen LogP contribution >= 0.6 is 11.3 Å². The number of aromatic nitrogens is 1. The minimum Gasteiger partial charge on any atom is -0.485 e. The van der Waals surface area contributed by atoms with Crippen molar-refractivity contribution in [2.75, 3.05) is 5.32 Å². The SMILES string of the molecule is Cc1ccc(C)c(OCc2ccc(C(=O)Nc3c(C(N)=O)sc4nc(C(F)(F)F)cc(-c5ccco5)c34)o2)c1. The standard InChI is InChI=1S/C27H20F3N3O5S/c1-13-5-6-14(2)19(10-13)37-12-15-7-8-18(38-15)25(35)33-22-21-16(17-4-3-9-36-17)11-20(27(28,29)30)32-26(21)39-23(22)24(31)34/h3-11H,12H2,1-2H3,(H2,31,34)(H,33,35). The summed E-state index contributed by atoms with van der Waals surface area (Å²) in [5, 5.41) is 2.65. The van der Waals surface area contributed by atoms with Gasteiger partial charge in [0.2, 0.25) is 0 Å². The van der Waals surface area contributed by atoms with Gasteiger partial charge in [0, 0.05) is 10.9 Å². The number of fused-ring (bicyclic) bond motifs is 1. The third-order valence-electron chi connectivity index (χ3n) is 5.80. The summed E-state index contributed by atoms with van der Waals surface area (Å²) < 4.78 is 57.5. The van der Waals surface area contributed by atoms with Crippen molar-refractivity contribution in [3.63, 3.8) is 0 Å². The van der Waals surface area contributed by atoms with Crippen molar-refractivity contribution in [3.8, 4) is 17.1 Å². The Hall–Kier alpha value is -4.58. The number of nitrogens with two attached hydrogens (primary N) is 1. The maximum atomic E-state index is 13.6. The summed E-state index contributed by atoms with van der Waals surface area (Å²) in [6.45, 7) is 3.89. The van der Waals surface area contributed by atoms with Gasteiger partial charge in [-0.05, 0) is 61.4 Å². The first kappa shape index (κ1) is 26.0. The van der Waals surface area contributed by atoms with Gasteiger partial charge in [0.15, 0.2) is 5.76 Å². The number of primary amides is 1. The van der Waals surface area contributed by atoms with E-state index in [1.807, 2.05) is 32.0 Å². The number of alkyl halides is 3. The predicted octanol–water partition coefficient (Wildman–Crippen LogP) is 6.72. The first-order valence-corrected chi connectivity index (χ1v) is 12.3. The molecule has 4 aromatic heterocycles. The lowest BCUT2D eigenvalue weighted by molar-refractivity contribution is -0.140. The lowest BCUT2D eigenvalue weighted by Gasteiger charge is -2.10. The summed E-state index contributed by atoms with van der Waals surface area (Å²) in [4.78, 5) is 28.7. The van der Waals surface area contributed by atoms with Crippen LogP contribution in [0.4, 0.5) is 18.9 Å². The number of thiophene rings is 1. The van der Waals surface area contributed by atoms with Crippen LogP contribution in [0.5, 0.6) is 5.75 Å². The van der Waals surface area contributed by atoms with E-state index < -0.39 is 23.7 Å². The highest BCUT2D eigenvalue weighted by atomic mass is 32.1. The molecule has 200 valence electrons. The van der Waals surface area contributed by atoms with Gasteiger partial charge in [-0.3, -0.25) is 9.59 Å². The average Bonchev–Trinajstić information content (AvgIpc) is 3.64. The molecule has 0 aliphatic rings. The largest absolute Gasteiger partial charge is 0.485 e. The van der Waals surface area contributed by atoms with Crippen molar-refractivity contribution in [2.24, 2.45) is 5.73 Å². The molecule has 0 bridgehead atoms. The normalized spacial score (nSPS) is 11.6. The molecule has 1 aromatic carbocycles. The maximum absolute atomic E-state index is 13.6. The Kier molecular flexibility index (Phi) is 6.64. The minimum atomic E-state index is -4.76. The van der Waals surface area contributed by atoms with E-state index >= 15 is 0 Å². The van der Waals surface area contributed by atoms with Crippen LogP contribution < -0.4 is 15.8 Å². The molecular formula is C27H20F3N3O5S. The third-order valence-corrected chi connectivity index (χ3v) is 6.90. The maximum Gasteiger partial charge on any atom is 0.433 e. The van der Waals surface area contributed by atoms with E-state index in [4.69, 9.17) is 19.3 Å². The zero-order valence-corrected chi connectivity index (χ0v) is 21.3. The second kappa shape index (κ2) is 9.95. The number of rotatable bonds is 7. The molecule has 5 rings (SSSR count). The lowest BCUT2D eigenvalue weighted by Crippen LogP contribution is -2.16. The van der Waals surface area contributed by atoms with E-state index in [-0.39, 0.29) is 44.5 Å². The van der Waals surface area contributed by atoms with E-state index in [1.54, 1.807) is 6.07 Å². The van der Waals surface area contributed by atoms with Crippen LogP contribution in [-0.2, 0) is 12.8 Å². The van der Waals surface area contributed by atoms with E-state index in [2.05, 4.69) is 10.3 Å². The van der Waals surface area contributed by atoms with Gasteiger partial charge >= 0.3 is 6.18 Å². The highest BCUT2D eigenvalue weighted by molar-refractivity contribution is 7.21. The zero-order chi connectivity index (χ0) is 27.9. The number of anilines is 1. The first-order valence-electron chi connectivity index (χ1n) is 11.5. The molecule has 4 heterocycles. The summed E-state index contributed by atoms with van der Waals surface area (Å²) in [5.74, 6) is -0.691. The van der Waals surface area contributed by atoms with Crippen molar-refractivity contribution in [3.05, 3.63) is 88.0 Å². The van der Waals surface area contributed by atoms with E-state index in [1.165, 1.54) is 24.5 Å². The van der Waals surface area contributed by atoms with Crippen molar-refractivity contribution in [2.45, 2.75) is 26.6 Å². The number of hydrogen-bond acceptors (Lipinski definition) is 7. The fourth-order valence-electron chi connectivity index (χ4n) is 3.93. The van der Waals surface area contributed by atoms with Gasteiger partial charge in [0.25, 0.3) is 11.8 Å². The molecule has 3 N–H and O–H groups in total.